The number of non-ortho nitro benzene ring substituents is 1. The molecule has 35 heavy (non-hydrogen) atoms. The van der Waals surface area contributed by atoms with E-state index in [1.165, 1.54) is 12.1 Å². The lowest BCUT2D eigenvalue weighted by Crippen LogP contribution is -2.48. The SMILES string of the molecule is O=C1c2cc([N+](=O)[O-])ccc2N(Cc2ccccc2)[C@@H](c2ccc(Cl)cc2)N1Cc1ccccc1. The molecule has 0 fully saturated rings. The Balaban J connectivity index is 1.69. The number of halogens is 1. The molecule has 0 saturated heterocycles. The lowest BCUT2D eigenvalue weighted by molar-refractivity contribution is -0.384. The highest BCUT2D eigenvalue weighted by Gasteiger charge is 2.39. The van der Waals surface area contributed by atoms with Crippen molar-refractivity contribution < 1.29 is 9.72 Å². The fourth-order valence-corrected chi connectivity index (χ4v) is 4.64. The van der Waals surface area contributed by atoms with Gasteiger partial charge >= 0.3 is 0 Å². The average molecular weight is 484 g/mol. The van der Waals surface area contributed by atoms with Gasteiger partial charge in [0, 0.05) is 30.2 Å². The Bertz CT molecular complexity index is 1360. The second-order valence-corrected chi connectivity index (χ2v) is 8.85. The highest BCUT2D eigenvalue weighted by atomic mass is 35.5. The first-order valence-electron chi connectivity index (χ1n) is 11.2. The number of amides is 1. The van der Waals surface area contributed by atoms with Gasteiger partial charge in [-0.05, 0) is 34.9 Å². The zero-order valence-corrected chi connectivity index (χ0v) is 19.5. The van der Waals surface area contributed by atoms with Crippen LogP contribution in [-0.2, 0) is 13.1 Å². The number of nitro groups is 1. The quantitative estimate of drug-likeness (QED) is 0.228. The Labute approximate surface area is 208 Å². The monoisotopic (exact) mass is 483 g/mol. The molecule has 0 aromatic heterocycles. The molecular weight excluding hydrogens is 462 g/mol. The van der Waals surface area contributed by atoms with Crippen LogP contribution in [0.5, 0.6) is 0 Å². The highest BCUT2D eigenvalue weighted by Crippen LogP contribution is 2.42. The number of rotatable bonds is 6. The summed E-state index contributed by atoms with van der Waals surface area (Å²) in [5, 5.41) is 12.1. The number of carbonyl (C=O) groups is 1. The molecule has 0 bridgehead atoms. The Morgan fingerprint density at radius 3 is 1.91 bits per heavy atom. The molecule has 0 radical (unpaired) electrons. The van der Waals surface area contributed by atoms with Crippen molar-refractivity contribution in [2.24, 2.45) is 0 Å². The maximum Gasteiger partial charge on any atom is 0.270 e. The van der Waals surface area contributed by atoms with Crippen LogP contribution in [0.1, 0.15) is 33.2 Å². The minimum atomic E-state index is -0.470. The Kier molecular flexibility index (Phi) is 6.21. The topological polar surface area (TPSA) is 66.7 Å². The molecule has 7 heteroatoms. The number of fused-ring (bicyclic) bond motifs is 1. The molecule has 1 atom stereocenters. The van der Waals surface area contributed by atoms with E-state index in [9.17, 15) is 14.9 Å². The molecule has 1 aliphatic rings. The Hall–Kier alpha value is -4.16. The first kappa shape index (κ1) is 22.6. The molecular formula is C28H22ClN3O3. The molecule has 174 valence electrons. The van der Waals surface area contributed by atoms with Crippen LogP contribution in [0.2, 0.25) is 5.02 Å². The van der Waals surface area contributed by atoms with E-state index in [0.717, 1.165) is 16.7 Å². The Morgan fingerprint density at radius 1 is 0.771 bits per heavy atom. The minimum Gasteiger partial charge on any atom is -0.342 e. The van der Waals surface area contributed by atoms with E-state index in [1.54, 1.807) is 11.0 Å². The molecule has 1 heterocycles. The molecule has 1 amide bonds. The fraction of sp³-hybridized carbons (Fsp3) is 0.107. The summed E-state index contributed by atoms with van der Waals surface area (Å²) < 4.78 is 0. The van der Waals surface area contributed by atoms with Gasteiger partial charge in [-0.1, -0.05) is 84.4 Å². The molecule has 4 aromatic rings. The number of benzene rings is 4. The standard InChI is InChI=1S/C28H22ClN3O3/c29-23-13-11-22(12-14-23)27-30(18-20-7-3-1-4-8-20)26-16-15-24(32(34)35)17-25(26)28(33)31(27)19-21-9-5-2-6-10-21/h1-17,27H,18-19H2/t27-/m1/s1. The first-order valence-corrected chi connectivity index (χ1v) is 11.6. The molecule has 5 rings (SSSR count). The number of carbonyl (C=O) groups excluding carboxylic acids is 1. The van der Waals surface area contributed by atoms with Crippen LogP contribution in [0.15, 0.2) is 103 Å². The van der Waals surface area contributed by atoms with E-state index in [1.807, 2.05) is 84.9 Å². The van der Waals surface area contributed by atoms with Crippen molar-refractivity contribution in [3.63, 3.8) is 0 Å². The third-order valence-corrected chi connectivity index (χ3v) is 6.39. The summed E-state index contributed by atoms with van der Waals surface area (Å²) in [6.45, 7) is 0.859. The summed E-state index contributed by atoms with van der Waals surface area (Å²) >= 11 is 6.18. The van der Waals surface area contributed by atoms with Gasteiger partial charge in [0.25, 0.3) is 11.6 Å². The number of nitrogens with zero attached hydrogens (tertiary/aromatic N) is 3. The highest BCUT2D eigenvalue weighted by molar-refractivity contribution is 6.30. The summed E-state index contributed by atoms with van der Waals surface area (Å²) in [6.07, 6.45) is -0.436. The second-order valence-electron chi connectivity index (χ2n) is 8.42. The fourth-order valence-electron chi connectivity index (χ4n) is 4.51. The van der Waals surface area contributed by atoms with E-state index < -0.39 is 11.1 Å². The predicted octanol–water partition coefficient (Wildman–Crippen LogP) is 6.61. The summed E-state index contributed by atoms with van der Waals surface area (Å²) in [5.74, 6) is -0.253. The third kappa shape index (κ3) is 4.61. The number of hydrogen-bond donors (Lipinski definition) is 0. The van der Waals surface area contributed by atoms with Crippen LogP contribution >= 0.6 is 11.6 Å². The van der Waals surface area contributed by atoms with Gasteiger partial charge in [0.15, 0.2) is 0 Å². The van der Waals surface area contributed by atoms with Crippen molar-refractivity contribution in [1.29, 1.82) is 0 Å². The van der Waals surface area contributed by atoms with Crippen LogP contribution in [0, 0.1) is 10.1 Å². The summed E-state index contributed by atoms with van der Waals surface area (Å²) in [4.78, 5) is 28.8. The van der Waals surface area contributed by atoms with Crippen LogP contribution in [0.25, 0.3) is 0 Å². The molecule has 0 N–H and O–H groups in total. The molecule has 0 spiro atoms. The largest absolute Gasteiger partial charge is 0.342 e. The van der Waals surface area contributed by atoms with Gasteiger partial charge in [0.2, 0.25) is 0 Å². The van der Waals surface area contributed by atoms with Crippen molar-refractivity contribution in [3.05, 3.63) is 141 Å². The van der Waals surface area contributed by atoms with Gasteiger partial charge in [-0.2, -0.15) is 0 Å². The molecule has 0 unspecified atom stereocenters. The van der Waals surface area contributed by atoms with Crippen LogP contribution < -0.4 is 4.90 Å². The van der Waals surface area contributed by atoms with Gasteiger partial charge in [-0.15, -0.1) is 0 Å². The number of nitro benzene ring substituents is 1. The van der Waals surface area contributed by atoms with E-state index in [2.05, 4.69) is 4.90 Å². The molecule has 0 saturated carbocycles. The van der Waals surface area contributed by atoms with E-state index in [4.69, 9.17) is 11.6 Å². The summed E-state index contributed by atoms with van der Waals surface area (Å²) in [7, 11) is 0. The lowest BCUT2D eigenvalue weighted by Gasteiger charge is -2.46. The van der Waals surface area contributed by atoms with Gasteiger partial charge < -0.3 is 9.80 Å². The van der Waals surface area contributed by atoms with Gasteiger partial charge in [0.05, 0.1) is 16.2 Å². The zero-order valence-electron chi connectivity index (χ0n) is 18.8. The van der Waals surface area contributed by atoms with E-state index in [0.29, 0.717) is 29.4 Å². The maximum atomic E-state index is 13.9. The third-order valence-electron chi connectivity index (χ3n) is 6.14. The van der Waals surface area contributed by atoms with Crippen molar-refractivity contribution in [2.75, 3.05) is 4.90 Å². The average Bonchev–Trinajstić information content (AvgIpc) is 2.88. The maximum absolute atomic E-state index is 13.9. The minimum absolute atomic E-state index is 0.110. The molecule has 6 nitrogen and oxygen atoms in total. The van der Waals surface area contributed by atoms with E-state index >= 15 is 0 Å². The van der Waals surface area contributed by atoms with Gasteiger partial charge in [-0.25, -0.2) is 0 Å². The second kappa shape index (κ2) is 9.60. The smallest absolute Gasteiger partial charge is 0.270 e. The van der Waals surface area contributed by atoms with Crippen molar-refractivity contribution in [2.45, 2.75) is 19.3 Å². The van der Waals surface area contributed by atoms with Crippen molar-refractivity contribution in [1.82, 2.24) is 4.90 Å². The van der Waals surface area contributed by atoms with Crippen molar-refractivity contribution in [3.8, 4) is 0 Å². The van der Waals surface area contributed by atoms with Crippen LogP contribution in [-0.4, -0.2) is 15.7 Å². The first-order chi connectivity index (χ1) is 17.0. The molecule has 4 aromatic carbocycles. The summed E-state index contributed by atoms with van der Waals surface area (Å²) in [5.41, 5.74) is 3.79. The predicted molar refractivity (Wildman–Crippen MR) is 136 cm³/mol. The van der Waals surface area contributed by atoms with Gasteiger partial charge in [0.1, 0.15) is 6.17 Å². The van der Waals surface area contributed by atoms with Crippen molar-refractivity contribution >= 4 is 28.9 Å². The normalized spacial score (nSPS) is 15.1. The zero-order chi connectivity index (χ0) is 24.4. The molecule has 0 aliphatic carbocycles. The van der Waals surface area contributed by atoms with E-state index in [-0.39, 0.29) is 11.6 Å². The van der Waals surface area contributed by atoms with Crippen LogP contribution in [0.3, 0.4) is 0 Å². The van der Waals surface area contributed by atoms with Gasteiger partial charge in [-0.3, -0.25) is 14.9 Å². The van der Waals surface area contributed by atoms with Crippen LogP contribution in [0.4, 0.5) is 11.4 Å². The number of hydrogen-bond acceptors (Lipinski definition) is 4. The lowest BCUT2D eigenvalue weighted by atomic mass is 9.98. The molecule has 1 aliphatic heterocycles. The number of anilines is 1. The Morgan fingerprint density at radius 2 is 1.34 bits per heavy atom. The summed E-state index contributed by atoms with van der Waals surface area (Å²) in [6, 6.07) is 31.7.